The Hall–Kier alpha value is -1.32. The van der Waals surface area contributed by atoms with Crippen molar-refractivity contribution < 1.29 is 19.8 Å². The summed E-state index contributed by atoms with van der Waals surface area (Å²) < 4.78 is 0. The lowest BCUT2D eigenvalue weighted by atomic mass is 9.85. The molecule has 1 saturated carbocycles. The molecule has 0 amide bonds. The van der Waals surface area contributed by atoms with Gasteiger partial charge < -0.3 is 10.2 Å². The van der Waals surface area contributed by atoms with Gasteiger partial charge in [-0.25, -0.2) is 9.59 Å². The van der Waals surface area contributed by atoms with Gasteiger partial charge in [0.1, 0.15) is 0 Å². The van der Waals surface area contributed by atoms with Crippen molar-refractivity contribution in [3.05, 3.63) is 11.6 Å². The second-order valence-electron chi connectivity index (χ2n) is 4.36. The van der Waals surface area contributed by atoms with Crippen molar-refractivity contribution >= 4 is 11.9 Å². The average molecular weight is 226 g/mol. The predicted molar refractivity (Wildman–Crippen MR) is 59.2 cm³/mol. The van der Waals surface area contributed by atoms with Crippen molar-refractivity contribution in [2.24, 2.45) is 5.92 Å². The molecule has 90 valence electrons. The quantitative estimate of drug-likeness (QED) is 0.706. The van der Waals surface area contributed by atoms with Crippen LogP contribution in [0.4, 0.5) is 0 Å². The summed E-state index contributed by atoms with van der Waals surface area (Å²) >= 11 is 0. The minimum absolute atomic E-state index is 0.0121. The van der Waals surface area contributed by atoms with Crippen LogP contribution in [-0.2, 0) is 9.59 Å². The molecule has 0 unspecified atom stereocenters. The summed E-state index contributed by atoms with van der Waals surface area (Å²) in [5.74, 6) is -1.72. The summed E-state index contributed by atoms with van der Waals surface area (Å²) in [6, 6.07) is 0. The Morgan fingerprint density at radius 2 is 1.75 bits per heavy atom. The van der Waals surface area contributed by atoms with Gasteiger partial charge in [0.15, 0.2) is 0 Å². The fraction of sp³-hybridized carbons (Fsp3) is 0.667. The van der Waals surface area contributed by atoms with Crippen LogP contribution in [0.25, 0.3) is 0 Å². The number of carboxylic acids is 2. The van der Waals surface area contributed by atoms with E-state index in [1.165, 1.54) is 19.3 Å². The van der Waals surface area contributed by atoms with Crippen LogP contribution < -0.4 is 0 Å². The van der Waals surface area contributed by atoms with Crippen molar-refractivity contribution in [3.63, 3.8) is 0 Å². The Kier molecular flexibility index (Phi) is 5.02. The number of aliphatic carboxylic acids is 2. The van der Waals surface area contributed by atoms with Gasteiger partial charge in [-0.05, 0) is 18.8 Å². The molecule has 0 heterocycles. The maximum atomic E-state index is 10.8. The molecule has 4 heteroatoms. The summed E-state index contributed by atoms with van der Waals surface area (Å²) in [6.45, 7) is 0. The minimum Gasteiger partial charge on any atom is -0.478 e. The third kappa shape index (κ3) is 4.47. The van der Waals surface area contributed by atoms with Gasteiger partial charge in [-0.15, -0.1) is 0 Å². The summed E-state index contributed by atoms with van der Waals surface area (Å²) in [4.78, 5) is 21.2. The molecule has 0 saturated heterocycles. The number of carbonyl (C=O) groups is 2. The number of hydrogen-bond acceptors (Lipinski definition) is 2. The molecule has 0 aliphatic heterocycles. The van der Waals surface area contributed by atoms with Crippen molar-refractivity contribution in [1.29, 1.82) is 0 Å². The lowest BCUT2D eigenvalue weighted by Crippen LogP contribution is -2.09. The Balaban J connectivity index is 2.43. The van der Waals surface area contributed by atoms with Gasteiger partial charge in [-0.3, -0.25) is 0 Å². The third-order valence-electron chi connectivity index (χ3n) is 3.12. The molecule has 1 aliphatic rings. The monoisotopic (exact) mass is 226 g/mol. The van der Waals surface area contributed by atoms with E-state index in [2.05, 4.69) is 0 Å². The summed E-state index contributed by atoms with van der Waals surface area (Å²) in [7, 11) is 0. The van der Waals surface area contributed by atoms with E-state index in [9.17, 15) is 9.59 Å². The second-order valence-corrected chi connectivity index (χ2v) is 4.36. The van der Waals surface area contributed by atoms with Crippen LogP contribution in [0.15, 0.2) is 11.6 Å². The standard InChI is InChI=1S/C12H18O4/c13-11(14)8-10(12(15)16)7-6-9-4-2-1-3-5-9/h8-9H,1-7H2,(H,13,14)(H,15,16)/b10-8-. The molecule has 0 bridgehead atoms. The van der Waals surface area contributed by atoms with Crippen LogP contribution in [0.2, 0.25) is 0 Å². The first-order valence-corrected chi connectivity index (χ1v) is 5.76. The summed E-state index contributed by atoms with van der Waals surface area (Å²) in [5.41, 5.74) is 0.0121. The highest BCUT2D eigenvalue weighted by atomic mass is 16.4. The lowest BCUT2D eigenvalue weighted by Gasteiger charge is -2.21. The maximum Gasteiger partial charge on any atom is 0.331 e. The zero-order valence-corrected chi connectivity index (χ0v) is 9.32. The van der Waals surface area contributed by atoms with E-state index in [0.29, 0.717) is 12.3 Å². The highest BCUT2D eigenvalue weighted by Gasteiger charge is 2.16. The molecule has 1 aliphatic carbocycles. The van der Waals surface area contributed by atoms with Gasteiger partial charge in [-0.2, -0.15) is 0 Å². The highest BCUT2D eigenvalue weighted by Crippen LogP contribution is 2.28. The molecule has 0 spiro atoms. The van der Waals surface area contributed by atoms with E-state index in [-0.39, 0.29) is 5.57 Å². The fourth-order valence-electron chi connectivity index (χ4n) is 2.23. The maximum absolute atomic E-state index is 10.8. The van der Waals surface area contributed by atoms with Gasteiger partial charge in [0.2, 0.25) is 0 Å². The first-order valence-electron chi connectivity index (χ1n) is 5.76. The second kappa shape index (κ2) is 6.30. The first kappa shape index (κ1) is 12.7. The molecular formula is C12H18O4. The van der Waals surface area contributed by atoms with Crippen molar-refractivity contribution in [2.75, 3.05) is 0 Å². The average Bonchev–Trinajstić information content (AvgIpc) is 2.25. The Morgan fingerprint density at radius 1 is 1.12 bits per heavy atom. The van der Waals surface area contributed by atoms with Crippen LogP contribution in [-0.4, -0.2) is 22.2 Å². The number of rotatable bonds is 5. The normalized spacial score (nSPS) is 18.4. The number of hydrogen-bond donors (Lipinski definition) is 2. The minimum atomic E-state index is -1.18. The first-order chi connectivity index (χ1) is 7.59. The Labute approximate surface area is 95.0 Å². The summed E-state index contributed by atoms with van der Waals surface area (Å²) in [6.07, 6.45) is 7.99. The molecule has 1 rings (SSSR count). The van der Waals surface area contributed by atoms with E-state index in [1.54, 1.807) is 0 Å². The van der Waals surface area contributed by atoms with Crippen LogP contribution in [0.1, 0.15) is 44.9 Å². The number of carboxylic acid groups (broad SMARTS) is 2. The Bertz CT molecular complexity index is 287. The predicted octanol–water partition coefficient (Wildman–Crippen LogP) is 2.44. The topological polar surface area (TPSA) is 74.6 Å². The van der Waals surface area contributed by atoms with Crippen molar-refractivity contribution in [1.82, 2.24) is 0 Å². The zero-order chi connectivity index (χ0) is 12.0. The van der Waals surface area contributed by atoms with E-state index in [4.69, 9.17) is 10.2 Å². The molecule has 0 atom stereocenters. The smallest absolute Gasteiger partial charge is 0.331 e. The largest absolute Gasteiger partial charge is 0.478 e. The van der Waals surface area contributed by atoms with Gasteiger partial charge in [0.25, 0.3) is 0 Å². The molecule has 16 heavy (non-hydrogen) atoms. The van der Waals surface area contributed by atoms with Gasteiger partial charge in [0.05, 0.1) is 0 Å². The van der Waals surface area contributed by atoms with E-state index in [0.717, 1.165) is 25.3 Å². The highest BCUT2D eigenvalue weighted by molar-refractivity contribution is 5.94. The molecule has 4 nitrogen and oxygen atoms in total. The Morgan fingerprint density at radius 3 is 2.25 bits per heavy atom. The van der Waals surface area contributed by atoms with Gasteiger partial charge in [0, 0.05) is 11.6 Å². The summed E-state index contributed by atoms with van der Waals surface area (Å²) in [5, 5.41) is 17.4. The SMILES string of the molecule is O=C(O)/C=C(/CCC1CCCCC1)C(=O)O. The molecule has 0 aromatic heterocycles. The van der Waals surface area contributed by atoms with E-state index < -0.39 is 11.9 Å². The molecule has 0 radical (unpaired) electrons. The molecule has 0 aromatic rings. The van der Waals surface area contributed by atoms with Crippen LogP contribution in [0, 0.1) is 5.92 Å². The van der Waals surface area contributed by atoms with Gasteiger partial charge >= 0.3 is 11.9 Å². The van der Waals surface area contributed by atoms with Crippen LogP contribution in [0.3, 0.4) is 0 Å². The third-order valence-corrected chi connectivity index (χ3v) is 3.12. The van der Waals surface area contributed by atoms with E-state index >= 15 is 0 Å². The fourth-order valence-corrected chi connectivity index (χ4v) is 2.23. The van der Waals surface area contributed by atoms with E-state index in [1.807, 2.05) is 0 Å². The van der Waals surface area contributed by atoms with Crippen LogP contribution >= 0.6 is 0 Å². The zero-order valence-electron chi connectivity index (χ0n) is 9.32. The van der Waals surface area contributed by atoms with Crippen molar-refractivity contribution in [2.45, 2.75) is 44.9 Å². The van der Waals surface area contributed by atoms with Gasteiger partial charge in [-0.1, -0.05) is 32.1 Å². The molecule has 1 fully saturated rings. The van der Waals surface area contributed by atoms with Crippen LogP contribution in [0.5, 0.6) is 0 Å². The van der Waals surface area contributed by atoms with Crippen molar-refractivity contribution in [3.8, 4) is 0 Å². The molecular weight excluding hydrogens is 208 g/mol. The lowest BCUT2D eigenvalue weighted by molar-refractivity contribution is -0.135. The molecule has 2 N–H and O–H groups in total. The molecule has 0 aromatic carbocycles.